The molecule has 0 aliphatic carbocycles. The molecule has 2 aliphatic rings. The van der Waals surface area contributed by atoms with Crippen molar-refractivity contribution in [2.45, 2.75) is 116 Å². The van der Waals surface area contributed by atoms with Crippen LogP contribution in [0.25, 0.3) is 0 Å². The second-order valence-corrected chi connectivity index (χ2v) is 18.5. The zero-order valence-electron chi connectivity index (χ0n) is 36.3. The number of rotatable bonds is 21. The first kappa shape index (κ1) is 54.1. The van der Waals surface area contributed by atoms with Gasteiger partial charge in [-0.2, -0.15) is 0 Å². The number of carboxylic acid groups (broad SMARTS) is 2. The SMILES string of the molecule is CC(C)C[C@H](CC(=O)CNC(=O)c1cc(Cl)ccc1Cl)B1OC(=O)CC(C)(CC(=O)O)O1.CCC1(CC(=O)O)OB([C@@H](CC(=O)CNC(=O)c2cc(Cl)ccc2Cl)CC(C)C)OC1=O. The molecule has 2 unspecified atom stereocenters. The Balaban J connectivity index is 0.000000340. The molecule has 0 bridgehead atoms. The van der Waals surface area contributed by atoms with Crippen LogP contribution in [0.15, 0.2) is 36.4 Å². The van der Waals surface area contributed by atoms with E-state index in [9.17, 15) is 38.4 Å². The zero-order valence-corrected chi connectivity index (χ0v) is 39.3. The average molecular weight is 972 g/mol. The molecule has 0 saturated carbocycles. The lowest BCUT2D eigenvalue weighted by Gasteiger charge is -2.38. The maximum Gasteiger partial charge on any atom is 0.531 e. The van der Waals surface area contributed by atoms with Crippen molar-refractivity contribution in [3.05, 3.63) is 67.6 Å². The highest BCUT2D eigenvalue weighted by molar-refractivity contribution is 6.52. The van der Waals surface area contributed by atoms with Gasteiger partial charge in [-0.3, -0.25) is 38.4 Å². The molecule has 2 heterocycles. The predicted octanol–water partition coefficient (Wildman–Crippen LogP) is 7.57. The summed E-state index contributed by atoms with van der Waals surface area (Å²) in [5.41, 5.74) is -2.48. The van der Waals surface area contributed by atoms with Crippen LogP contribution < -0.4 is 10.6 Å². The minimum Gasteiger partial charge on any atom is -0.509 e. The van der Waals surface area contributed by atoms with E-state index in [-0.39, 0.29) is 89.8 Å². The number of carbonyl (C=O) groups is 8. The summed E-state index contributed by atoms with van der Waals surface area (Å²) in [6.07, 6.45) is 0.0258. The van der Waals surface area contributed by atoms with Crippen LogP contribution in [-0.2, 0) is 47.4 Å². The first-order valence-electron chi connectivity index (χ1n) is 20.6. The highest BCUT2D eigenvalue weighted by Crippen LogP contribution is 2.38. The Bertz CT molecular complexity index is 2070. The fourth-order valence-electron chi connectivity index (χ4n) is 7.26. The number of carbonyl (C=O) groups excluding carboxylic acids is 6. The Morgan fingerprint density at radius 2 is 1.14 bits per heavy atom. The maximum atomic E-state index is 12.6. The van der Waals surface area contributed by atoms with Gasteiger partial charge in [0.15, 0.2) is 17.2 Å². The predicted molar refractivity (Wildman–Crippen MR) is 240 cm³/mol. The molecule has 2 aliphatic heterocycles. The standard InChI is InChI=1S/2C21H26BCl2NO7/c1-12(2)6-13(22-31-19(29)10-21(3,32-22)9-18(27)28)7-15(26)11-25-20(30)16-8-14(23)4-5-17(16)24;1-4-21(10-18(27)28)20(30)31-22(32-21)13(7-12(2)3)8-15(26)11-25-19(29)16-9-14(23)5-6-17(16)24/h4-5,8,12-13H,6-7,9-11H2,1-3H3,(H,25,30)(H,27,28);5-6,9,12-13H,4,7-8,10-11H2,1-3H3,(H,25,29)(H,27,28)/t2*13-,21?/m11/s1. The fourth-order valence-corrected chi connectivity index (χ4v) is 8.01. The van der Waals surface area contributed by atoms with Crippen molar-refractivity contribution in [3.8, 4) is 0 Å². The number of benzene rings is 2. The van der Waals surface area contributed by atoms with Gasteiger partial charge in [-0.1, -0.05) is 81.0 Å². The van der Waals surface area contributed by atoms with E-state index in [1.54, 1.807) is 19.1 Å². The molecule has 2 saturated heterocycles. The Kier molecular flexibility index (Phi) is 20.6. The minimum absolute atomic E-state index is 0.0213. The first-order valence-corrected chi connectivity index (χ1v) is 22.1. The molecule has 4 N–H and O–H groups in total. The van der Waals surface area contributed by atoms with Crippen LogP contribution in [-0.4, -0.2) is 96.0 Å². The molecule has 0 aromatic heterocycles. The van der Waals surface area contributed by atoms with Gasteiger partial charge in [0, 0.05) is 34.5 Å². The van der Waals surface area contributed by atoms with Gasteiger partial charge < -0.3 is 39.5 Å². The third-order valence-corrected chi connectivity index (χ3v) is 11.3. The van der Waals surface area contributed by atoms with Gasteiger partial charge in [0.05, 0.1) is 59.1 Å². The fraction of sp³-hybridized carbons (Fsp3) is 0.524. The summed E-state index contributed by atoms with van der Waals surface area (Å²) in [6, 6.07) is 8.88. The largest absolute Gasteiger partial charge is 0.531 e. The minimum atomic E-state index is -1.56. The number of hydrogen-bond donors (Lipinski definition) is 4. The molecule has 348 valence electrons. The normalized spacial score (nSPS) is 19.2. The van der Waals surface area contributed by atoms with Crippen LogP contribution in [0.4, 0.5) is 0 Å². The van der Waals surface area contributed by atoms with Gasteiger partial charge >= 0.3 is 32.1 Å². The number of carboxylic acids is 2. The van der Waals surface area contributed by atoms with Crippen molar-refractivity contribution in [2.24, 2.45) is 11.8 Å². The number of nitrogens with one attached hydrogen (secondary N) is 2. The Morgan fingerprint density at radius 3 is 1.55 bits per heavy atom. The van der Waals surface area contributed by atoms with Gasteiger partial charge in [0.1, 0.15) is 0 Å². The molecule has 4 atom stereocenters. The van der Waals surface area contributed by atoms with Crippen LogP contribution in [0, 0.1) is 11.8 Å². The van der Waals surface area contributed by atoms with E-state index in [0.29, 0.717) is 22.9 Å². The Hall–Kier alpha value is -4.19. The molecule has 2 amide bonds. The van der Waals surface area contributed by atoms with E-state index in [1.165, 1.54) is 31.2 Å². The lowest BCUT2D eigenvalue weighted by molar-refractivity contribution is -0.153. The third kappa shape index (κ3) is 16.7. The van der Waals surface area contributed by atoms with Gasteiger partial charge in [-0.25, -0.2) is 0 Å². The molecule has 64 heavy (non-hydrogen) atoms. The van der Waals surface area contributed by atoms with E-state index >= 15 is 0 Å². The van der Waals surface area contributed by atoms with Crippen molar-refractivity contribution in [1.82, 2.24) is 10.6 Å². The lowest BCUT2D eigenvalue weighted by Crippen LogP contribution is -2.50. The van der Waals surface area contributed by atoms with Crippen LogP contribution in [0.1, 0.15) is 114 Å². The van der Waals surface area contributed by atoms with E-state index in [2.05, 4.69) is 10.6 Å². The summed E-state index contributed by atoms with van der Waals surface area (Å²) >= 11 is 23.8. The summed E-state index contributed by atoms with van der Waals surface area (Å²) in [7, 11) is -2.09. The summed E-state index contributed by atoms with van der Waals surface area (Å²) in [5, 5.41) is 24.4. The number of amides is 2. The molecular formula is C42H52B2Cl4N2O14. The Labute approximate surface area is 392 Å². The van der Waals surface area contributed by atoms with E-state index in [0.717, 1.165) is 0 Å². The van der Waals surface area contributed by atoms with E-state index in [1.807, 2.05) is 27.7 Å². The molecule has 0 radical (unpaired) electrons. The van der Waals surface area contributed by atoms with Crippen LogP contribution in [0.5, 0.6) is 0 Å². The molecule has 2 aromatic carbocycles. The average Bonchev–Trinajstić information content (AvgIpc) is 3.51. The summed E-state index contributed by atoms with van der Waals surface area (Å²) in [6.45, 7) is 10.4. The highest BCUT2D eigenvalue weighted by Gasteiger charge is 2.55. The summed E-state index contributed by atoms with van der Waals surface area (Å²) < 4.78 is 22.3. The topological polar surface area (TPSA) is 238 Å². The first-order chi connectivity index (χ1) is 29.8. The number of ketones is 2. The van der Waals surface area contributed by atoms with Crippen molar-refractivity contribution in [3.63, 3.8) is 0 Å². The van der Waals surface area contributed by atoms with Crippen LogP contribution >= 0.6 is 46.4 Å². The van der Waals surface area contributed by atoms with Crippen molar-refractivity contribution in [1.29, 1.82) is 0 Å². The monoisotopic (exact) mass is 970 g/mol. The zero-order chi connectivity index (χ0) is 48.1. The third-order valence-electron chi connectivity index (χ3n) is 10.2. The smallest absolute Gasteiger partial charge is 0.509 e. The second kappa shape index (κ2) is 24.4. The quantitative estimate of drug-likeness (QED) is 0.0884. The van der Waals surface area contributed by atoms with Crippen molar-refractivity contribution in [2.75, 3.05) is 13.1 Å². The highest BCUT2D eigenvalue weighted by atomic mass is 35.5. The molecule has 16 nitrogen and oxygen atoms in total. The summed E-state index contributed by atoms with van der Waals surface area (Å²) in [4.78, 5) is 96.9. The molecular weight excluding hydrogens is 920 g/mol. The van der Waals surface area contributed by atoms with Crippen LogP contribution in [0.3, 0.4) is 0 Å². The molecule has 2 aromatic rings. The van der Waals surface area contributed by atoms with Crippen molar-refractivity contribution < 1.29 is 67.2 Å². The van der Waals surface area contributed by atoms with E-state index < -0.39 is 79.2 Å². The summed E-state index contributed by atoms with van der Waals surface area (Å²) in [5.74, 6) is -5.93. The van der Waals surface area contributed by atoms with Gasteiger partial charge in [0.2, 0.25) is 0 Å². The molecule has 2 fully saturated rings. The molecule has 4 rings (SSSR count). The van der Waals surface area contributed by atoms with Crippen LogP contribution in [0.2, 0.25) is 31.7 Å². The van der Waals surface area contributed by atoms with Gasteiger partial charge in [0.25, 0.3) is 17.8 Å². The number of hydrogen-bond acceptors (Lipinski definition) is 12. The lowest BCUT2D eigenvalue weighted by atomic mass is 9.63. The molecule has 0 spiro atoms. The second-order valence-electron chi connectivity index (χ2n) is 16.9. The Morgan fingerprint density at radius 1 is 0.703 bits per heavy atom. The molecule has 22 heteroatoms. The number of halogens is 4. The van der Waals surface area contributed by atoms with E-state index in [4.69, 9.17) is 75.2 Å². The number of Topliss-reactive ketones (excluding diaryl/α,β-unsaturated/α-hetero) is 2. The number of aliphatic carboxylic acids is 2. The van der Waals surface area contributed by atoms with Crippen molar-refractivity contribution >= 4 is 108 Å². The van der Waals surface area contributed by atoms with Gasteiger partial charge in [-0.05, 0) is 74.4 Å². The maximum absolute atomic E-state index is 12.6. The van der Waals surface area contributed by atoms with Gasteiger partial charge in [-0.15, -0.1) is 0 Å².